The number of allylic oxidation sites excluding steroid dienone is 22. The number of aliphatic hydroxyl groups excluding tert-OH is 2. The Balaban J connectivity index is 4.90. The van der Waals surface area contributed by atoms with Crippen LogP contribution in [0.4, 0.5) is 0 Å². The Kier molecular flexibility index (Phi) is 43.0. The highest BCUT2D eigenvalue weighted by molar-refractivity contribution is 5.77. The second-order valence-corrected chi connectivity index (χ2v) is 15.3. The lowest BCUT2D eigenvalue weighted by Gasteiger charge is -2.24. The number of unbranched alkanes of at least 4 members (excludes halogenated alkanes) is 14. The molecular weight excluding hydrogens is 743 g/mol. The van der Waals surface area contributed by atoms with Crippen molar-refractivity contribution in [2.75, 3.05) is 6.61 Å². The van der Waals surface area contributed by atoms with Gasteiger partial charge in [-0.3, -0.25) is 9.59 Å². The maximum Gasteiger partial charge on any atom is 0.306 e. The molecule has 3 unspecified atom stereocenters. The second-order valence-electron chi connectivity index (χ2n) is 15.3. The lowest BCUT2D eigenvalue weighted by Crippen LogP contribution is -2.46. The van der Waals surface area contributed by atoms with E-state index in [1.807, 2.05) is 115 Å². The zero-order chi connectivity index (χ0) is 43.8. The van der Waals surface area contributed by atoms with E-state index in [-0.39, 0.29) is 31.3 Å². The highest BCUT2D eigenvalue weighted by Gasteiger charge is 2.23. The van der Waals surface area contributed by atoms with E-state index in [0.717, 1.165) is 51.4 Å². The Labute approximate surface area is 367 Å². The number of ether oxygens (including phenoxy) is 1. The first-order chi connectivity index (χ1) is 29.5. The largest absolute Gasteiger partial charge is 0.462 e. The van der Waals surface area contributed by atoms with Crippen LogP contribution in [-0.4, -0.2) is 46.9 Å². The molecule has 60 heavy (non-hydrogen) atoms. The molecule has 336 valence electrons. The number of carbonyl (C=O) groups excluding carboxylic acids is 2. The molecule has 0 aromatic rings. The molecule has 6 heteroatoms. The maximum absolute atomic E-state index is 13.2. The molecule has 0 aliphatic carbocycles. The van der Waals surface area contributed by atoms with E-state index in [4.69, 9.17) is 4.74 Å². The molecule has 6 nitrogen and oxygen atoms in total. The first-order valence-corrected chi connectivity index (χ1v) is 23.6. The van der Waals surface area contributed by atoms with E-state index < -0.39 is 18.2 Å². The number of esters is 1. The van der Waals surface area contributed by atoms with Crippen LogP contribution in [0.1, 0.15) is 168 Å². The first kappa shape index (κ1) is 56.0. The second kappa shape index (κ2) is 46.1. The van der Waals surface area contributed by atoms with Crippen LogP contribution in [0.15, 0.2) is 134 Å². The van der Waals surface area contributed by atoms with Gasteiger partial charge >= 0.3 is 5.97 Å². The quantitative estimate of drug-likeness (QED) is 0.0326. The minimum atomic E-state index is -0.828. The van der Waals surface area contributed by atoms with Gasteiger partial charge in [-0.15, -0.1) is 0 Å². The molecule has 0 aromatic heterocycles. The molecule has 0 aromatic carbocycles. The number of carbonyl (C=O) groups is 2. The molecular formula is C54H85NO5. The van der Waals surface area contributed by atoms with Gasteiger partial charge in [0, 0.05) is 6.42 Å². The van der Waals surface area contributed by atoms with Crippen molar-refractivity contribution in [1.82, 2.24) is 5.32 Å². The van der Waals surface area contributed by atoms with E-state index in [9.17, 15) is 19.8 Å². The summed E-state index contributed by atoms with van der Waals surface area (Å²) in [5.74, 6) is -0.655. The number of hydrogen-bond acceptors (Lipinski definition) is 5. The average Bonchev–Trinajstić information content (AvgIpc) is 3.24. The van der Waals surface area contributed by atoms with Crippen LogP contribution in [0, 0.1) is 0 Å². The molecule has 0 bridgehead atoms. The fourth-order valence-electron chi connectivity index (χ4n) is 6.26. The van der Waals surface area contributed by atoms with E-state index in [0.29, 0.717) is 19.3 Å². The van der Waals surface area contributed by atoms with Gasteiger partial charge < -0.3 is 20.3 Å². The minimum Gasteiger partial charge on any atom is -0.462 e. The maximum atomic E-state index is 13.2. The van der Waals surface area contributed by atoms with Gasteiger partial charge in [0.05, 0.1) is 25.2 Å². The van der Waals surface area contributed by atoms with Crippen molar-refractivity contribution in [3.63, 3.8) is 0 Å². The first-order valence-electron chi connectivity index (χ1n) is 23.6. The molecule has 0 heterocycles. The van der Waals surface area contributed by atoms with Crippen molar-refractivity contribution >= 4 is 11.9 Å². The zero-order valence-electron chi connectivity index (χ0n) is 38.0. The minimum absolute atomic E-state index is 0.0119. The number of hydrogen-bond donors (Lipinski definition) is 3. The zero-order valence-corrected chi connectivity index (χ0v) is 38.0. The van der Waals surface area contributed by atoms with Crippen LogP contribution in [0.5, 0.6) is 0 Å². The van der Waals surface area contributed by atoms with Gasteiger partial charge in [-0.1, -0.05) is 238 Å². The molecule has 0 saturated heterocycles. The summed E-state index contributed by atoms with van der Waals surface area (Å²) in [5, 5.41) is 23.7. The van der Waals surface area contributed by atoms with Crippen LogP contribution in [0.25, 0.3) is 0 Å². The number of nitrogens with one attached hydrogen (secondary N) is 1. The van der Waals surface area contributed by atoms with Gasteiger partial charge in [0.1, 0.15) is 6.10 Å². The molecule has 0 fully saturated rings. The standard InChI is InChI=1S/C54H85NO5/c1-4-7-10-13-16-19-22-25-26-29-30-33-36-39-42-45-50(60-54(59)47-44-41-38-35-32-28-24-21-18-15-12-9-6-3)48-53(58)55-51(49-56)52(57)46-43-40-37-34-31-27-23-20-17-14-11-8-5-2/h7,9-10,12-13,15-16,18-19,21-22,24-26,28-30,32-33,35-36,38,50-52,56-57H,4-6,8,11,14,17,20,23,27,31,34,37,39-49H2,1-3H3,(H,55,58)/b10-7-,12-9+,16-13+,18-15+,22-19+,24-21-,26-25-,30-29+,32-28-,36-33+,38-35+. The predicted octanol–water partition coefficient (Wildman–Crippen LogP) is 13.9. The van der Waals surface area contributed by atoms with Gasteiger partial charge in [0.15, 0.2) is 0 Å². The molecule has 0 aliphatic rings. The fraction of sp³-hybridized carbons (Fsp3) is 0.556. The molecule has 1 amide bonds. The highest BCUT2D eigenvalue weighted by atomic mass is 16.5. The summed E-state index contributed by atoms with van der Waals surface area (Å²) in [6, 6.07) is -0.749. The van der Waals surface area contributed by atoms with E-state index in [2.05, 4.69) is 44.3 Å². The summed E-state index contributed by atoms with van der Waals surface area (Å²) in [4.78, 5) is 26.0. The average molecular weight is 828 g/mol. The Hall–Kier alpha value is -4.00. The molecule has 0 radical (unpaired) electrons. The molecule has 3 N–H and O–H groups in total. The van der Waals surface area contributed by atoms with Crippen molar-refractivity contribution in [3.05, 3.63) is 134 Å². The number of amides is 1. The predicted molar refractivity (Wildman–Crippen MR) is 259 cm³/mol. The van der Waals surface area contributed by atoms with Gasteiger partial charge in [0.25, 0.3) is 0 Å². The molecule has 3 atom stereocenters. The van der Waals surface area contributed by atoms with E-state index >= 15 is 0 Å². The molecule has 0 saturated carbocycles. The van der Waals surface area contributed by atoms with Gasteiger partial charge in [0.2, 0.25) is 5.91 Å². The summed E-state index contributed by atoms with van der Waals surface area (Å²) < 4.78 is 5.83. The third kappa shape index (κ3) is 40.8. The van der Waals surface area contributed by atoms with Crippen LogP contribution < -0.4 is 5.32 Å². The third-order valence-corrected chi connectivity index (χ3v) is 9.76. The Bertz CT molecular complexity index is 1340. The topological polar surface area (TPSA) is 95.9 Å². The summed E-state index contributed by atoms with van der Waals surface area (Å²) in [7, 11) is 0. The van der Waals surface area contributed by atoms with Crippen LogP contribution in [0.3, 0.4) is 0 Å². The molecule has 0 rings (SSSR count). The lowest BCUT2D eigenvalue weighted by atomic mass is 10.0. The summed E-state index contributed by atoms with van der Waals surface area (Å²) in [6.45, 7) is 6.12. The van der Waals surface area contributed by atoms with Crippen molar-refractivity contribution in [3.8, 4) is 0 Å². The number of rotatable bonds is 39. The van der Waals surface area contributed by atoms with E-state index in [1.165, 1.54) is 64.2 Å². The van der Waals surface area contributed by atoms with E-state index in [1.54, 1.807) is 0 Å². The van der Waals surface area contributed by atoms with Gasteiger partial charge in [-0.25, -0.2) is 0 Å². The Morgan fingerprint density at radius 2 is 0.900 bits per heavy atom. The van der Waals surface area contributed by atoms with Crippen LogP contribution >= 0.6 is 0 Å². The smallest absolute Gasteiger partial charge is 0.306 e. The van der Waals surface area contributed by atoms with Crippen molar-refractivity contribution in [2.45, 2.75) is 187 Å². The summed E-state index contributed by atoms with van der Waals surface area (Å²) >= 11 is 0. The lowest BCUT2D eigenvalue weighted by molar-refractivity contribution is -0.151. The van der Waals surface area contributed by atoms with Crippen LogP contribution in [-0.2, 0) is 14.3 Å². The van der Waals surface area contributed by atoms with Crippen molar-refractivity contribution in [2.24, 2.45) is 0 Å². The van der Waals surface area contributed by atoms with Crippen molar-refractivity contribution in [1.29, 1.82) is 0 Å². The SMILES string of the molecule is CC\C=C/C=C/C=C/C=C\C=C\C=C\CCCC(CC(=O)NC(CO)C(O)CCCCCCCCCCCCCCC)OC(=O)CCC/C=C/C=C\C=C/C=C/C=C/CC. The normalized spacial score (nSPS) is 14.6. The Morgan fingerprint density at radius 1 is 0.500 bits per heavy atom. The number of aliphatic hydroxyl groups is 2. The Morgan fingerprint density at radius 3 is 1.33 bits per heavy atom. The fourth-order valence-corrected chi connectivity index (χ4v) is 6.26. The molecule has 0 aliphatic heterocycles. The summed E-state index contributed by atoms with van der Waals surface area (Å²) in [6.07, 6.45) is 65.1. The van der Waals surface area contributed by atoms with Crippen molar-refractivity contribution < 1.29 is 24.5 Å². The third-order valence-electron chi connectivity index (χ3n) is 9.76. The van der Waals surface area contributed by atoms with Gasteiger partial charge in [-0.2, -0.15) is 0 Å². The summed E-state index contributed by atoms with van der Waals surface area (Å²) in [5.41, 5.74) is 0. The van der Waals surface area contributed by atoms with Gasteiger partial charge in [-0.05, 0) is 51.4 Å². The van der Waals surface area contributed by atoms with Crippen LogP contribution in [0.2, 0.25) is 0 Å². The monoisotopic (exact) mass is 828 g/mol. The molecule has 0 spiro atoms. The highest BCUT2D eigenvalue weighted by Crippen LogP contribution is 2.16.